The number of unbranched alkanes of at least 4 members (excludes halogenated alkanes) is 3. The summed E-state index contributed by atoms with van der Waals surface area (Å²) < 4.78 is 1.97. The lowest BCUT2D eigenvalue weighted by Gasteiger charge is -2.12. The van der Waals surface area contributed by atoms with E-state index in [1.807, 2.05) is 24.3 Å². The maximum absolute atomic E-state index is 12.8. The predicted octanol–water partition coefficient (Wildman–Crippen LogP) is 5.49. The van der Waals surface area contributed by atoms with Gasteiger partial charge < -0.3 is 5.11 Å². The molecule has 26 heavy (non-hydrogen) atoms. The molecule has 0 aliphatic carbocycles. The van der Waals surface area contributed by atoms with Gasteiger partial charge in [0.05, 0.1) is 5.69 Å². The number of azo groups is 1. The van der Waals surface area contributed by atoms with E-state index in [9.17, 15) is 15.2 Å². The van der Waals surface area contributed by atoms with Crippen molar-refractivity contribution in [2.24, 2.45) is 10.2 Å². The molecule has 1 aromatic heterocycles. The van der Waals surface area contributed by atoms with Crippen LogP contribution in [0.15, 0.2) is 43.8 Å². The number of nitriles is 1. The van der Waals surface area contributed by atoms with Gasteiger partial charge in [0.15, 0.2) is 5.69 Å². The summed E-state index contributed by atoms with van der Waals surface area (Å²) in [5, 5.41) is 27.9. The average Bonchev–Trinajstić information content (AvgIpc) is 2.62. The van der Waals surface area contributed by atoms with E-state index in [0.29, 0.717) is 17.8 Å². The molecule has 0 aliphatic rings. The molecule has 0 aliphatic heterocycles. The summed E-state index contributed by atoms with van der Waals surface area (Å²) in [4.78, 5) is 12.8. The van der Waals surface area contributed by atoms with Gasteiger partial charge in [0.2, 0.25) is 5.88 Å². The van der Waals surface area contributed by atoms with E-state index in [4.69, 9.17) is 0 Å². The minimum Gasteiger partial charge on any atom is -0.493 e. The minimum absolute atomic E-state index is 0.0566. The highest BCUT2D eigenvalue weighted by Crippen LogP contribution is 2.29. The standard InChI is InChI=1S/C19H21BrN4O2/c1-3-4-5-8-11-24-18(25)14(12-21)13(2)17(19(24)26)23-22-16-10-7-6-9-15(16)20/h6-7,9-10,25H,3-5,8,11H2,1-2H3. The number of halogens is 1. The number of hydrogen-bond acceptors (Lipinski definition) is 5. The first kappa shape index (κ1) is 19.9. The molecule has 1 heterocycles. The SMILES string of the molecule is CCCCCCn1c(O)c(C#N)c(C)c(N=Nc2ccccc2Br)c1=O. The van der Waals surface area contributed by atoms with Gasteiger partial charge in [-0.15, -0.1) is 10.2 Å². The summed E-state index contributed by atoms with van der Waals surface area (Å²) in [7, 11) is 0. The summed E-state index contributed by atoms with van der Waals surface area (Å²) in [6.45, 7) is 4.04. The molecule has 1 N–H and O–H groups in total. The van der Waals surface area contributed by atoms with E-state index < -0.39 is 5.56 Å². The van der Waals surface area contributed by atoms with Crippen molar-refractivity contribution in [2.75, 3.05) is 0 Å². The van der Waals surface area contributed by atoms with E-state index in [2.05, 4.69) is 33.1 Å². The zero-order valence-electron chi connectivity index (χ0n) is 14.9. The number of rotatable bonds is 7. The molecule has 0 spiro atoms. The second-order valence-electron chi connectivity index (χ2n) is 5.95. The monoisotopic (exact) mass is 416 g/mol. The van der Waals surface area contributed by atoms with Crippen LogP contribution in [-0.2, 0) is 6.54 Å². The lowest BCUT2D eigenvalue weighted by molar-refractivity contribution is 0.397. The smallest absolute Gasteiger partial charge is 0.281 e. The molecule has 0 atom stereocenters. The van der Waals surface area contributed by atoms with Gasteiger partial charge in [0, 0.05) is 16.6 Å². The first-order chi connectivity index (χ1) is 12.5. The zero-order chi connectivity index (χ0) is 19.1. The first-order valence-electron chi connectivity index (χ1n) is 8.54. The van der Waals surface area contributed by atoms with Crippen molar-refractivity contribution >= 4 is 27.3 Å². The van der Waals surface area contributed by atoms with E-state index >= 15 is 0 Å². The van der Waals surface area contributed by atoms with Crippen molar-refractivity contribution in [3.8, 4) is 11.9 Å². The Kier molecular flexibility index (Phi) is 7.10. The number of hydrogen-bond donors (Lipinski definition) is 1. The fourth-order valence-corrected chi connectivity index (χ4v) is 2.96. The van der Waals surface area contributed by atoms with Gasteiger partial charge in [-0.05, 0) is 41.4 Å². The van der Waals surface area contributed by atoms with Gasteiger partial charge in [-0.3, -0.25) is 9.36 Å². The van der Waals surface area contributed by atoms with Crippen LogP contribution in [0.4, 0.5) is 11.4 Å². The quantitative estimate of drug-likeness (QED) is 0.477. The van der Waals surface area contributed by atoms with Crippen LogP contribution in [0, 0.1) is 18.3 Å². The molecule has 0 amide bonds. The van der Waals surface area contributed by atoms with Crippen LogP contribution in [0.5, 0.6) is 5.88 Å². The van der Waals surface area contributed by atoms with E-state index in [-0.39, 0.29) is 17.1 Å². The van der Waals surface area contributed by atoms with Crippen molar-refractivity contribution in [1.29, 1.82) is 5.26 Å². The van der Waals surface area contributed by atoms with Crippen molar-refractivity contribution in [3.63, 3.8) is 0 Å². The molecule has 1 aromatic carbocycles. The van der Waals surface area contributed by atoms with Gasteiger partial charge in [0.1, 0.15) is 11.6 Å². The molecule has 0 unspecified atom stereocenters. The summed E-state index contributed by atoms with van der Waals surface area (Å²) >= 11 is 3.38. The topological polar surface area (TPSA) is 90.7 Å². The van der Waals surface area contributed by atoms with Crippen LogP contribution in [0.1, 0.15) is 43.7 Å². The van der Waals surface area contributed by atoms with Gasteiger partial charge >= 0.3 is 0 Å². The molecule has 7 heteroatoms. The first-order valence-corrected chi connectivity index (χ1v) is 9.33. The molecule has 0 saturated heterocycles. The Morgan fingerprint density at radius 1 is 1.23 bits per heavy atom. The number of pyridine rings is 1. The highest BCUT2D eigenvalue weighted by Gasteiger charge is 2.19. The van der Waals surface area contributed by atoms with Crippen LogP contribution in [0.2, 0.25) is 0 Å². The predicted molar refractivity (Wildman–Crippen MR) is 104 cm³/mol. The summed E-state index contributed by atoms with van der Waals surface area (Å²) in [5.74, 6) is -0.300. The molecule has 0 saturated carbocycles. The molecule has 6 nitrogen and oxygen atoms in total. The average molecular weight is 417 g/mol. The van der Waals surface area contributed by atoms with Crippen LogP contribution < -0.4 is 5.56 Å². The van der Waals surface area contributed by atoms with Crippen molar-refractivity contribution in [2.45, 2.75) is 46.1 Å². The molecule has 0 radical (unpaired) electrons. The summed E-state index contributed by atoms with van der Waals surface area (Å²) in [6, 6.07) is 9.22. The van der Waals surface area contributed by atoms with Gasteiger partial charge in [0.25, 0.3) is 5.56 Å². The Bertz CT molecular complexity index is 913. The van der Waals surface area contributed by atoms with Gasteiger partial charge in [-0.2, -0.15) is 5.26 Å². The Labute approximate surface area is 161 Å². The van der Waals surface area contributed by atoms with E-state index in [1.54, 1.807) is 13.0 Å². The third-order valence-corrected chi connectivity index (χ3v) is 4.79. The Morgan fingerprint density at radius 2 is 1.96 bits per heavy atom. The molecule has 136 valence electrons. The summed E-state index contributed by atoms with van der Waals surface area (Å²) in [6.07, 6.45) is 3.83. The van der Waals surface area contributed by atoms with Crippen molar-refractivity contribution in [3.05, 3.63) is 50.2 Å². The molecular formula is C19H21BrN4O2. The lowest BCUT2D eigenvalue weighted by atomic mass is 10.1. The molecule has 2 aromatic rings. The summed E-state index contributed by atoms with van der Waals surface area (Å²) in [5.41, 5.74) is 0.598. The van der Waals surface area contributed by atoms with Crippen molar-refractivity contribution in [1.82, 2.24) is 4.57 Å². The highest BCUT2D eigenvalue weighted by molar-refractivity contribution is 9.10. The minimum atomic E-state index is -0.439. The third kappa shape index (κ3) is 4.38. The van der Waals surface area contributed by atoms with Crippen LogP contribution in [0.25, 0.3) is 0 Å². The second kappa shape index (κ2) is 9.30. The molecule has 2 rings (SSSR count). The lowest BCUT2D eigenvalue weighted by Crippen LogP contribution is -2.22. The molecule has 0 fully saturated rings. The van der Waals surface area contributed by atoms with E-state index in [1.165, 1.54) is 4.57 Å². The second-order valence-corrected chi connectivity index (χ2v) is 6.81. The molecular weight excluding hydrogens is 396 g/mol. The maximum Gasteiger partial charge on any atom is 0.281 e. The number of aromatic hydroxyl groups is 1. The molecule has 0 bridgehead atoms. The normalized spacial score (nSPS) is 11.0. The fourth-order valence-electron chi connectivity index (χ4n) is 2.60. The van der Waals surface area contributed by atoms with Crippen LogP contribution >= 0.6 is 15.9 Å². The Balaban J connectivity index is 2.47. The third-order valence-electron chi connectivity index (χ3n) is 4.11. The van der Waals surface area contributed by atoms with Gasteiger partial charge in [-0.1, -0.05) is 38.3 Å². The van der Waals surface area contributed by atoms with Gasteiger partial charge in [-0.25, -0.2) is 0 Å². The fraction of sp³-hybridized carbons (Fsp3) is 0.368. The largest absolute Gasteiger partial charge is 0.493 e. The number of nitrogens with zero attached hydrogens (tertiary/aromatic N) is 4. The maximum atomic E-state index is 12.8. The van der Waals surface area contributed by atoms with Crippen LogP contribution in [-0.4, -0.2) is 9.67 Å². The number of benzene rings is 1. The zero-order valence-corrected chi connectivity index (χ0v) is 16.5. The van der Waals surface area contributed by atoms with E-state index in [0.717, 1.165) is 30.2 Å². The number of aromatic nitrogens is 1. The Hall–Kier alpha value is -2.46. The van der Waals surface area contributed by atoms with Crippen LogP contribution in [0.3, 0.4) is 0 Å². The van der Waals surface area contributed by atoms with Crippen molar-refractivity contribution < 1.29 is 5.11 Å². The highest BCUT2D eigenvalue weighted by atomic mass is 79.9. The Morgan fingerprint density at radius 3 is 2.62 bits per heavy atom.